The number of nitrogen functional groups attached to an aromatic ring is 2. The Labute approximate surface area is 209 Å². The topological polar surface area (TPSA) is 304 Å². The predicted octanol–water partition coefficient (Wildman–Crippen LogP) is -4.52. The molecule has 0 aromatic carbocycles. The summed E-state index contributed by atoms with van der Waals surface area (Å²) < 4.78 is 13.4. The number of ether oxygens (including phenoxy) is 2. The molecular formula is C18H24N12O8. The maximum atomic E-state index is 11.6. The summed E-state index contributed by atoms with van der Waals surface area (Å²) in [5, 5.41) is 52.4. The summed E-state index contributed by atoms with van der Waals surface area (Å²) in [6.45, 7) is -0.610. The molecule has 2 fully saturated rings. The third-order valence-corrected chi connectivity index (χ3v) is 6.02. The number of anilines is 2. The molecule has 0 aliphatic carbocycles. The van der Waals surface area contributed by atoms with Crippen molar-refractivity contribution in [3.63, 3.8) is 0 Å². The molecule has 20 heteroatoms. The Kier molecular flexibility index (Phi) is 6.73. The van der Waals surface area contributed by atoms with E-state index in [1.165, 1.54) is 9.36 Å². The largest absolute Gasteiger partial charge is 0.394 e. The third-order valence-electron chi connectivity index (χ3n) is 6.02. The van der Waals surface area contributed by atoms with Crippen LogP contribution in [0.15, 0.2) is 9.59 Å². The van der Waals surface area contributed by atoms with Gasteiger partial charge in [0.2, 0.25) is 11.9 Å². The molecule has 4 aromatic heterocycles. The van der Waals surface area contributed by atoms with E-state index in [4.69, 9.17) is 31.2 Å². The quantitative estimate of drug-likeness (QED) is 0.122. The summed E-state index contributed by atoms with van der Waals surface area (Å²) in [4.78, 5) is 35.7. The van der Waals surface area contributed by atoms with Crippen molar-refractivity contribution in [2.45, 2.75) is 49.7 Å². The molecule has 6 atom stereocenters. The molecule has 0 bridgehead atoms. The van der Waals surface area contributed by atoms with Crippen LogP contribution in [0.1, 0.15) is 25.3 Å². The van der Waals surface area contributed by atoms with Crippen molar-refractivity contribution in [1.29, 1.82) is 0 Å². The van der Waals surface area contributed by atoms with E-state index in [-0.39, 0.29) is 60.3 Å². The van der Waals surface area contributed by atoms with E-state index in [2.05, 4.69) is 40.6 Å². The number of nitrogens with one attached hydrogen (secondary N) is 2. The summed E-state index contributed by atoms with van der Waals surface area (Å²) in [6, 6.07) is 0. The molecule has 2 saturated heterocycles. The SMILES string of the molecule is Nc1nc2c(nnn2C2CC(O)C(CO)O2)c(=O)[nH]1.Nc1nc2c(nnn2C2CC(O)C(CO)O2)c(=O)[nH]1. The van der Waals surface area contributed by atoms with E-state index in [0.717, 1.165) is 0 Å². The summed E-state index contributed by atoms with van der Waals surface area (Å²) in [5.41, 5.74) is 10.4. The smallest absolute Gasteiger partial charge is 0.282 e. The number of nitrogens with two attached hydrogens (primary N) is 2. The Morgan fingerprint density at radius 3 is 1.53 bits per heavy atom. The van der Waals surface area contributed by atoms with Gasteiger partial charge in [-0.05, 0) is 0 Å². The first-order chi connectivity index (χ1) is 18.2. The van der Waals surface area contributed by atoms with Crippen LogP contribution in [0.25, 0.3) is 22.3 Å². The van der Waals surface area contributed by atoms with Crippen molar-refractivity contribution in [3.8, 4) is 0 Å². The Morgan fingerprint density at radius 2 is 1.18 bits per heavy atom. The molecule has 6 rings (SSSR count). The molecule has 10 N–H and O–H groups in total. The van der Waals surface area contributed by atoms with Gasteiger partial charge in [-0.1, -0.05) is 10.4 Å². The van der Waals surface area contributed by atoms with Crippen LogP contribution in [0.4, 0.5) is 11.9 Å². The summed E-state index contributed by atoms with van der Waals surface area (Å²) >= 11 is 0. The van der Waals surface area contributed by atoms with Gasteiger partial charge in [0.1, 0.15) is 12.2 Å². The van der Waals surface area contributed by atoms with Crippen LogP contribution in [0.5, 0.6) is 0 Å². The first-order valence-electron chi connectivity index (χ1n) is 11.3. The van der Waals surface area contributed by atoms with Gasteiger partial charge in [0.25, 0.3) is 11.1 Å². The number of H-pyrrole nitrogens is 2. The lowest BCUT2D eigenvalue weighted by Crippen LogP contribution is -2.24. The van der Waals surface area contributed by atoms with Crippen LogP contribution < -0.4 is 22.6 Å². The second-order valence-corrected chi connectivity index (χ2v) is 8.54. The van der Waals surface area contributed by atoms with Gasteiger partial charge in [-0.2, -0.15) is 19.3 Å². The molecular weight excluding hydrogens is 512 g/mol. The molecule has 20 nitrogen and oxygen atoms in total. The average Bonchev–Trinajstić information content (AvgIpc) is 3.64. The summed E-state index contributed by atoms with van der Waals surface area (Å²) in [6.07, 6.45) is -3.86. The molecule has 0 radical (unpaired) electrons. The minimum atomic E-state index is -0.811. The minimum Gasteiger partial charge on any atom is -0.394 e. The third kappa shape index (κ3) is 4.55. The maximum Gasteiger partial charge on any atom is 0.282 e. The highest BCUT2D eigenvalue weighted by Gasteiger charge is 2.37. The zero-order valence-corrected chi connectivity index (χ0v) is 19.4. The standard InChI is InChI=1S/2C9H12N6O4/c2*10-9-11-7-6(8(18)12-9)13-14-15(7)5-1-3(17)4(2-16)19-5/h2*3-5,16-17H,1-2H2,(H3,10,11,12,18). The van der Waals surface area contributed by atoms with Crippen molar-refractivity contribution in [3.05, 3.63) is 20.7 Å². The van der Waals surface area contributed by atoms with Crippen molar-refractivity contribution in [2.24, 2.45) is 0 Å². The number of fused-ring (bicyclic) bond motifs is 2. The van der Waals surface area contributed by atoms with Crippen LogP contribution in [0, 0.1) is 0 Å². The molecule has 2 aliphatic rings. The molecule has 6 unspecified atom stereocenters. The van der Waals surface area contributed by atoms with Crippen LogP contribution in [0.2, 0.25) is 0 Å². The number of hydrogen-bond acceptors (Lipinski definition) is 16. The van der Waals surface area contributed by atoms with Gasteiger partial charge in [-0.3, -0.25) is 19.6 Å². The fourth-order valence-corrected chi connectivity index (χ4v) is 4.16. The highest BCUT2D eigenvalue weighted by Crippen LogP contribution is 2.30. The Morgan fingerprint density at radius 1 is 0.789 bits per heavy atom. The Hall–Kier alpha value is -4.08. The number of hydrogen-bond donors (Lipinski definition) is 8. The van der Waals surface area contributed by atoms with Crippen LogP contribution >= 0.6 is 0 Å². The fraction of sp³-hybridized carbons (Fsp3) is 0.556. The number of aliphatic hydroxyl groups is 4. The average molecular weight is 536 g/mol. The van der Waals surface area contributed by atoms with Crippen molar-refractivity contribution >= 4 is 34.2 Å². The number of aromatic nitrogens is 10. The second-order valence-electron chi connectivity index (χ2n) is 8.54. The van der Waals surface area contributed by atoms with Gasteiger partial charge >= 0.3 is 0 Å². The lowest BCUT2D eigenvalue weighted by Gasteiger charge is -2.11. The van der Waals surface area contributed by atoms with Crippen LogP contribution in [-0.2, 0) is 9.47 Å². The maximum absolute atomic E-state index is 11.6. The molecule has 38 heavy (non-hydrogen) atoms. The molecule has 0 amide bonds. The van der Waals surface area contributed by atoms with Gasteiger partial charge < -0.3 is 41.4 Å². The zero-order valence-electron chi connectivity index (χ0n) is 19.4. The van der Waals surface area contributed by atoms with Crippen molar-refractivity contribution in [1.82, 2.24) is 49.9 Å². The molecule has 204 valence electrons. The summed E-state index contributed by atoms with van der Waals surface area (Å²) in [5.74, 6) is -0.114. The summed E-state index contributed by atoms with van der Waals surface area (Å²) in [7, 11) is 0. The van der Waals surface area contributed by atoms with Gasteiger partial charge in [-0.15, -0.1) is 10.2 Å². The van der Waals surface area contributed by atoms with E-state index in [1.54, 1.807) is 0 Å². The van der Waals surface area contributed by atoms with Crippen molar-refractivity contribution in [2.75, 3.05) is 24.7 Å². The van der Waals surface area contributed by atoms with Gasteiger partial charge in [0.05, 0.1) is 25.4 Å². The second kappa shape index (κ2) is 10.00. The van der Waals surface area contributed by atoms with E-state index in [0.29, 0.717) is 0 Å². The zero-order chi connectivity index (χ0) is 27.1. The normalized spacial score (nSPS) is 27.2. The fourth-order valence-electron chi connectivity index (χ4n) is 4.16. The van der Waals surface area contributed by atoms with Crippen LogP contribution in [0.3, 0.4) is 0 Å². The van der Waals surface area contributed by atoms with E-state index < -0.39 is 48.0 Å². The molecule has 0 saturated carbocycles. The number of aromatic amines is 2. The highest BCUT2D eigenvalue weighted by atomic mass is 16.5. The Bertz CT molecular complexity index is 1450. The first kappa shape index (κ1) is 25.6. The number of nitrogens with zero attached hydrogens (tertiary/aromatic N) is 8. The predicted molar refractivity (Wildman–Crippen MR) is 124 cm³/mol. The van der Waals surface area contributed by atoms with Gasteiger partial charge in [0, 0.05) is 12.8 Å². The minimum absolute atomic E-state index is 0.0414. The van der Waals surface area contributed by atoms with E-state index >= 15 is 0 Å². The van der Waals surface area contributed by atoms with Crippen molar-refractivity contribution < 1.29 is 29.9 Å². The van der Waals surface area contributed by atoms with Gasteiger partial charge in [-0.25, -0.2) is 0 Å². The lowest BCUT2D eigenvalue weighted by atomic mass is 10.2. The number of aliphatic hydroxyl groups excluding tert-OH is 4. The Balaban J connectivity index is 0.000000155. The molecule has 4 aromatic rings. The molecule has 0 spiro atoms. The van der Waals surface area contributed by atoms with Gasteiger partial charge in [0.15, 0.2) is 34.8 Å². The number of rotatable bonds is 4. The highest BCUT2D eigenvalue weighted by molar-refractivity contribution is 5.70. The first-order valence-corrected chi connectivity index (χ1v) is 11.3. The molecule has 6 heterocycles. The lowest BCUT2D eigenvalue weighted by molar-refractivity contribution is -0.0476. The van der Waals surface area contributed by atoms with E-state index in [1.807, 2.05) is 0 Å². The van der Waals surface area contributed by atoms with E-state index in [9.17, 15) is 19.8 Å². The monoisotopic (exact) mass is 536 g/mol. The molecule has 2 aliphatic heterocycles. The van der Waals surface area contributed by atoms with Crippen LogP contribution in [-0.4, -0.2) is 108 Å².